The first-order valence-electron chi connectivity index (χ1n) is 9.97. The number of amides is 1. The Morgan fingerprint density at radius 2 is 1.67 bits per heavy atom. The van der Waals surface area contributed by atoms with Crippen molar-refractivity contribution in [2.75, 3.05) is 54.0 Å². The number of pyridine rings is 1. The maximum Gasteiger partial charge on any atom is 0.244 e. The Morgan fingerprint density at radius 3 is 2.24 bits per heavy atom. The molecule has 1 aromatic carbocycles. The van der Waals surface area contributed by atoms with Crippen molar-refractivity contribution in [3.05, 3.63) is 42.7 Å². The van der Waals surface area contributed by atoms with Crippen molar-refractivity contribution in [3.63, 3.8) is 0 Å². The molecule has 0 atom stereocenters. The van der Waals surface area contributed by atoms with Crippen LogP contribution in [0.2, 0.25) is 0 Å². The van der Waals surface area contributed by atoms with E-state index in [4.69, 9.17) is 9.47 Å². The minimum absolute atomic E-state index is 0.00821. The summed E-state index contributed by atoms with van der Waals surface area (Å²) in [5.74, 6) is 0.301. The third-order valence-electron chi connectivity index (χ3n) is 5.28. The largest absolute Gasteiger partial charge is 0.493 e. The van der Waals surface area contributed by atoms with Gasteiger partial charge in [0.2, 0.25) is 26.0 Å². The van der Waals surface area contributed by atoms with Gasteiger partial charge in [-0.3, -0.25) is 9.78 Å². The van der Waals surface area contributed by atoms with Gasteiger partial charge in [-0.05, 0) is 24.3 Å². The van der Waals surface area contributed by atoms with E-state index in [1.54, 1.807) is 0 Å². The summed E-state index contributed by atoms with van der Waals surface area (Å²) in [6.07, 6.45) is 2.67. The van der Waals surface area contributed by atoms with Gasteiger partial charge in [-0.25, -0.2) is 16.8 Å². The summed E-state index contributed by atoms with van der Waals surface area (Å²) < 4.78 is 63.8. The highest BCUT2D eigenvalue weighted by atomic mass is 32.2. The van der Waals surface area contributed by atoms with Gasteiger partial charge in [0.15, 0.2) is 11.5 Å². The zero-order valence-corrected chi connectivity index (χ0v) is 20.2. The molecule has 11 nitrogen and oxygen atoms in total. The van der Waals surface area contributed by atoms with Gasteiger partial charge in [-0.1, -0.05) is 0 Å². The summed E-state index contributed by atoms with van der Waals surface area (Å²) in [4.78, 5) is 18.0. The molecule has 180 valence electrons. The summed E-state index contributed by atoms with van der Waals surface area (Å²) >= 11 is 0. The predicted molar refractivity (Wildman–Crippen MR) is 119 cm³/mol. The molecule has 0 aliphatic carbocycles. The highest BCUT2D eigenvalue weighted by Crippen LogP contribution is 2.31. The fraction of sp³-hybridized carbons (Fsp3) is 0.400. The average Bonchev–Trinajstić information content (AvgIpc) is 2.84. The summed E-state index contributed by atoms with van der Waals surface area (Å²) in [6.45, 7) is 0.0981. The minimum Gasteiger partial charge on any atom is -0.493 e. The van der Waals surface area contributed by atoms with E-state index in [0.29, 0.717) is 11.5 Å². The van der Waals surface area contributed by atoms with Gasteiger partial charge < -0.3 is 14.4 Å². The first-order valence-corrected chi connectivity index (χ1v) is 12.9. The molecule has 1 aliphatic heterocycles. The van der Waals surface area contributed by atoms with Gasteiger partial charge in [0, 0.05) is 51.7 Å². The van der Waals surface area contributed by atoms with Gasteiger partial charge in [-0.2, -0.15) is 8.61 Å². The van der Waals surface area contributed by atoms with Crippen molar-refractivity contribution >= 4 is 26.0 Å². The molecule has 3 rings (SSSR count). The molecule has 2 aromatic rings. The van der Waals surface area contributed by atoms with E-state index in [2.05, 4.69) is 4.98 Å². The van der Waals surface area contributed by atoms with E-state index in [-0.39, 0.29) is 42.5 Å². The van der Waals surface area contributed by atoms with E-state index in [1.807, 2.05) is 0 Å². The standard InChI is InChI=1S/C20H26N4O7S2/c1-22(32(26,27)17-5-4-8-21-14-17)15-20(25)23-9-11-24(12-10-23)33(28,29)16-6-7-18(30-2)19(13-16)31-3/h4-8,13-14H,9-12,15H2,1-3H3. The fourth-order valence-corrected chi connectivity index (χ4v) is 5.88. The second-order valence-corrected chi connectivity index (χ2v) is 11.2. The van der Waals surface area contributed by atoms with Crippen LogP contribution in [0, 0.1) is 0 Å². The second-order valence-electron chi connectivity index (χ2n) is 7.25. The van der Waals surface area contributed by atoms with E-state index in [0.717, 1.165) is 4.31 Å². The van der Waals surface area contributed by atoms with Gasteiger partial charge in [0.25, 0.3) is 0 Å². The molecule has 0 saturated carbocycles. The Kier molecular flexibility index (Phi) is 7.57. The van der Waals surface area contributed by atoms with E-state index in [9.17, 15) is 21.6 Å². The zero-order valence-electron chi connectivity index (χ0n) is 18.5. The molecule has 0 unspecified atom stereocenters. The lowest BCUT2D eigenvalue weighted by Gasteiger charge is -2.34. The van der Waals surface area contributed by atoms with Crippen molar-refractivity contribution in [2.45, 2.75) is 9.79 Å². The maximum absolute atomic E-state index is 13.0. The second kappa shape index (κ2) is 10.0. The van der Waals surface area contributed by atoms with Crippen LogP contribution in [0.5, 0.6) is 11.5 Å². The Bertz CT molecular complexity index is 1200. The molecular weight excluding hydrogens is 472 g/mol. The highest BCUT2D eigenvalue weighted by Gasteiger charge is 2.32. The lowest BCUT2D eigenvalue weighted by molar-refractivity contribution is -0.132. The molecule has 13 heteroatoms. The molecule has 1 saturated heterocycles. The number of piperazine rings is 1. The quantitative estimate of drug-likeness (QED) is 0.507. The van der Waals surface area contributed by atoms with Gasteiger partial charge in [0.1, 0.15) is 4.90 Å². The SMILES string of the molecule is COc1ccc(S(=O)(=O)N2CCN(C(=O)CN(C)S(=O)(=O)c3cccnc3)CC2)cc1OC. The topological polar surface area (TPSA) is 126 Å². The van der Waals surface area contributed by atoms with Gasteiger partial charge >= 0.3 is 0 Å². The van der Waals surface area contributed by atoms with E-state index < -0.39 is 26.0 Å². The molecule has 0 radical (unpaired) electrons. The number of rotatable bonds is 8. The number of sulfonamides is 2. The Balaban J connectivity index is 1.64. The first kappa shape index (κ1) is 24.9. The average molecular weight is 499 g/mol. The van der Waals surface area contributed by atoms with Gasteiger partial charge in [0.05, 0.1) is 25.7 Å². The van der Waals surface area contributed by atoms with Crippen molar-refractivity contribution < 1.29 is 31.1 Å². The maximum atomic E-state index is 13.0. The Labute approximate surface area is 193 Å². The van der Waals surface area contributed by atoms with Crippen LogP contribution < -0.4 is 9.47 Å². The number of benzene rings is 1. The lowest BCUT2D eigenvalue weighted by Crippen LogP contribution is -2.52. The van der Waals surface area contributed by atoms with Crippen LogP contribution in [0.1, 0.15) is 0 Å². The predicted octanol–water partition coefficient (Wildman–Crippen LogP) is 0.252. The van der Waals surface area contributed by atoms with Crippen LogP contribution in [0.4, 0.5) is 0 Å². The first-order chi connectivity index (χ1) is 15.6. The molecule has 0 bridgehead atoms. The smallest absolute Gasteiger partial charge is 0.244 e. The number of aromatic nitrogens is 1. The normalized spacial score (nSPS) is 15.5. The third kappa shape index (κ3) is 5.27. The summed E-state index contributed by atoms with van der Waals surface area (Å²) in [5, 5.41) is 0. The molecule has 1 amide bonds. The lowest BCUT2D eigenvalue weighted by atomic mass is 10.3. The number of carbonyl (C=O) groups is 1. The Morgan fingerprint density at radius 1 is 1.00 bits per heavy atom. The number of nitrogens with zero attached hydrogens (tertiary/aromatic N) is 4. The molecule has 33 heavy (non-hydrogen) atoms. The molecule has 0 N–H and O–H groups in total. The molecule has 1 aromatic heterocycles. The zero-order chi connectivity index (χ0) is 24.2. The van der Waals surface area contributed by atoms with Crippen molar-refractivity contribution in [2.24, 2.45) is 0 Å². The summed E-state index contributed by atoms with van der Waals surface area (Å²) in [6, 6.07) is 7.25. The van der Waals surface area contributed by atoms with Crippen LogP contribution in [0.25, 0.3) is 0 Å². The van der Waals surface area contributed by atoms with E-state index >= 15 is 0 Å². The molecular formula is C20H26N4O7S2. The number of ether oxygens (including phenoxy) is 2. The molecule has 1 fully saturated rings. The molecule has 1 aliphatic rings. The van der Waals surface area contributed by atoms with Crippen LogP contribution in [-0.2, 0) is 24.8 Å². The molecule has 2 heterocycles. The summed E-state index contributed by atoms with van der Waals surface area (Å²) in [7, 11) is -3.47. The Hall–Kier alpha value is -2.74. The van der Waals surface area contributed by atoms with Crippen molar-refractivity contribution in [3.8, 4) is 11.5 Å². The van der Waals surface area contributed by atoms with E-state index in [1.165, 1.54) is 73.2 Å². The fourth-order valence-electron chi connectivity index (χ4n) is 3.36. The van der Waals surface area contributed by atoms with Crippen LogP contribution in [-0.4, -0.2) is 95.2 Å². The minimum atomic E-state index is -3.86. The summed E-state index contributed by atoms with van der Waals surface area (Å²) in [5.41, 5.74) is 0. The number of likely N-dealkylation sites (N-methyl/N-ethyl adjacent to an activating group) is 1. The number of carbonyl (C=O) groups excluding carboxylic acids is 1. The van der Waals surface area contributed by atoms with Crippen LogP contribution >= 0.6 is 0 Å². The number of methoxy groups -OCH3 is 2. The highest BCUT2D eigenvalue weighted by molar-refractivity contribution is 7.89. The van der Waals surface area contributed by atoms with Crippen LogP contribution in [0.15, 0.2) is 52.5 Å². The molecule has 0 spiro atoms. The number of hydrogen-bond acceptors (Lipinski definition) is 8. The van der Waals surface area contributed by atoms with Gasteiger partial charge in [-0.15, -0.1) is 0 Å². The third-order valence-corrected chi connectivity index (χ3v) is 8.97. The number of hydrogen-bond donors (Lipinski definition) is 0. The van der Waals surface area contributed by atoms with Crippen molar-refractivity contribution in [1.29, 1.82) is 0 Å². The van der Waals surface area contributed by atoms with Crippen LogP contribution in [0.3, 0.4) is 0 Å². The monoisotopic (exact) mass is 498 g/mol. The van der Waals surface area contributed by atoms with Crippen molar-refractivity contribution in [1.82, 2.24) is 18.5 Å².